The van der Waals surface area contributed by atoms with E-state index < -0.39 is 11.5 Å². The van der Waals surface area contributed by atoms with Crippen LogP contribution in [-0.4, -0.2) is 33.9 Å². The number of nitrogens with one attached hydrogen (secondary N) is 1. The van der Waals surface area contributed by atoms with Crippen LogP contribution in [0.25, 0.3) is 0 Å². The Morgan fingerprint density at radius 1 is 1.33 bits per heavy atom. The molecule has 2 rings (SSSR count). The molecule has 0 aliphatic carbocycles. The number of aromatic nitrogens is 2. The lowest BCUT2D eigenvalue weighted by atomic mass is 10.2. The van der Waals surface area contributed by atoms with Crippen LogP contribution in [-0.2, 0) is 6.54 Å². The molecule has 0 atom stereocenters. The molecule has 0 unspecified atom stereocenters. The SMILES string of the molecule is Cc1nc(C(=O)N(C)Cc2cccc(OC(C)C)c2)c(=O)[nH]c1C. The molecule has 1 amide bonds. The van der Waals surface area contributed by atoms with E-state index in [4.69, 9.17) is 4.74 Å². The van der Waals surface area contributed by atoms with Gasteiger partial charge in [-0.05, 0) is 45.4 Å². The number of nitrogens with zero attached hydrogens (tertiary/aromatic N) is 2. The van der Waals surface area contributed by atoms with Crippen LogP contribution in [0.2, 0.25) is 0 Å². The number of ether oxygens (including phenoxy) is 1. The lowest BCUT2D eigenvalue weighted by Crippen LogP contribution is -2.33. The molecule has 6 heteroatoms. The summed E-state index contributed by atoms with van der Waals surface area (Å²) < 4.78 is 5.66. The Labute approximate surface area is 141 Å². The maximum Gasteiger partial charge on any atom is 0.279 e. The molecular weight excluding hydrogens is 306 g/mol. The minimum atomic E-state index is -0.466. The molecule has 6 nitrogen and oxygen atoms in total. The van der Waals surface area contributed by atoms with E-state index in [2.05, 4.69) is 9.97 Å². The molecule has 0 saturated heterocycles. The molecule has 0 bridgehead atoms. The Balaban J connectivity index is 2.18. The fourth-order valence-corrected chi connectivity index (χ4v) is 2.28. The summed E-state index contributed by atoms with van der Waals surface area (Å²) in [5.41, 5.74) is 1.67. The number of carbonyl (C=O) groups excluding carboxylic acids is 1. The van der Waals surface area contributed by atoms with Crippen molar-refractivity contribution < 1.29 is 9.53 Å². The van der Waals surface area contributed by atoms with Crippen molar-refractivity contribution in [2.75, 3.05) is 7.05 Å². The molecule has 0 radical (unpaired) electrons. The van der Waals surface area contributed by atoms with Crippen molar-refractivity contribution in [3.8, 4) is 5.75 Å². The summed E-state index contributed by atoms with van der Waals surface area (Å²) in [6.45, 7) is 7.79. The number of H-pyrrole nitrogens is 1. The highest BCUT2D eigenvalue weighted by molar-refractivity contribution is 5.91. The Morgan fingerprint density at radius 3 is 2.71 bits per heavy atom. The van der Waals surface area contributed by atoms with E-state index >= 15 is 0 Å². The molecule has 2 aromatic rings. The molecule has 0 aliphatic heterocycles. The number of hydrogen-bond donors (Lipinski definition) is 1. The molecule has 128 valence electrons. The first-order chi connectivity index (χ1) is 11.3. The average molecular weight is 329 g/mol. The molecule has 1 aromatic heterocycles. The summed E-state index contributed by atoms with van der Waals surface area (Å²) in [5, 5.41) is 0. The van der Waals surface area contributed by atoms with Crippen LogP contribution < -0.4 is 10.3 Å². The van der Waals surface area contributed by atoms with Gasteiger partial charge in [-0.1, -0.05) is 12.1 Å². The smallest absolute Gasteiger partial charge is 0.279 e. The Morgan fingerprint density at radius 2 is 2.04 bits per heavy atom. The third-order valence-corrected chi connectivity index (χ3v) is 3.58. The zero-order chi connectivity index (χ0) is 17.9. The van der Waals surface area contributed by atoms with E-state index in [0.717, 1.165) is 11.3 Å². The maximum atomic E-state index is 12.5. The number of aryl methyl sites for hydroxylation is 2. The molecule has 1 N–H and O–H groups in total. The van der Waals surface area contributed by atoms with Gasteiger partial charge in [0.25, 0.3) is 11.5 Å². The number of benzene rings is 1. The topological polar surface area (TPSA) is 75.3 Å². The Bertz CT molecular complexity index is 796. The first-order valence-corrected chi connectivity index (χ1v) is 7.86. The van der Waals surface area contributed by atoms with Gasteiger partial charge in [-0.2, -0.15) is 0 Å². The molecule has 0 spiro atoms. The number of rotatable bonds is 5. The molecule has 1 aromatic carbocycles. The van der Waals surface area contributed by atoms with Gasteiger partial charge < -0.3 is 14.6 Å². The largest absolute Gasteiger partial charge is 0.491 e. The zero-order valence-corrected chi connectivity index (χ0v) is 14.7. The minimum Gasteiger partial charge on any atom is -0.491 e. The van der Waals surface area contributed by atoms with Crippen LogP contribution in [0.1, 0.15) is 41.3 Å². The van der Waals surface area contributed by atoms with E-state index in [1.807, 2.05) is 38.1 Å². The standard InChI is InChI=1S/C18H23N3O3/c1-11(2)24-15-8-6-7-14(9-15)10-21(5)18(23)16-17(22)20-13(4)12(3)19-16/h6-9,11H,10H2,1-5H3,(H,20,22). The van der Waals surface area contributed by atoms with Crippen molar-refractivity contribution in [3.63, 3.8) is 0 Å². The average Bonchev–Trinajstić information content (AvgIpc) is 2.50. The molecule has 0 fully saturated rings. The van der Waals surface area contributed by atoms with Gasteiger partial charge in [-0.3, -0.25) is 9.59 Å². The van der Waals surface area contributed by atoms with Crippen molar-refractivity contribution in [3.05, 3.63) is 57.3 Å². The summed E-state index contributed by atoms with van der Waals surface area (Å²) >= 11 is 0. The van der Waals surface area contributed by atoms with Crippen molar-refractivity contribution in [1.29, 1.82) is 0 Å². The van der Waals surface area contributed by atoms with Crippen molar-refractivity contribution in [2.24, 2.45) is 0 Å². The van der Waals surface area contributed by atoms with Crippen LogP contribution in [0, 0.1) is 13.8 Å². The lowest BCUT2D eigenvalue weighted by molar-refractivity contribution is 0.0776. The quantitative estimate of drug-likeness (QED) is 0.914. The normalized spacial score (nSPS) is 10.8. The predicted octanol–water partition coefficient (Wildman–Crippen LogP) is 2.45. The van der Waals surface area contributed by atoms with Crippen LogP contribution in [0.3, 0.4) is 0 Å². The first-order valence-electron chi connectivity index (χ1n) is 7.86. The fourth-order valence-electron chi connectivity index (χ4n) is 2.28. The predicted molar refractivity (Wildman–Crippen MR) is 92.3 cm³/mol. The third-order valence-electron chi connectivity index (χ3n) is 3.58. The van der Waals surface area contributed by atoms with E-state index in [1.54, 1.807) is 20.9 Å². The van der Waals surface area contributed by atoms with Gasteiger partial charge in [-0.25, -0.2) is 4.98 Å². The van der Waals surface area contributed by atoms with Gasteiger partial charge in [0.2, 0.25) is 0 Å². The van der Waals surface area contributed by atoms with Crippen LogP contribution in [0.15, 0.2) is 29.1 Å². The third kappa shape index (κ3) is 4.22. The molecule has 1 heterocycles. The molecule has 0 aliphatic rings. The summed E-state index contributed by atoms with van der Waals surface area (Å²) in [7, 11) is 1.65. The van der Waals surface area contributed by atoms with Crippen molar-refractivity contribution in [1.82, 2.24) is 14.9 Å². The summed E-state index contributed by atoms with van der Waals surface area (Å²) in [4.78, 5) is 32.7. The van der Waals surface area contributed by atoms with E-state index in [0.29, 0.717) is 17.9 Å². The van der Waals surface area contributed by atoms with E-state index in [9.17, 15) is 9.59 Å². The molecular formula is C18H23N3O3. The Hall–Kier alpha value is -2.63. The molecule has 24 heavy (non-hydrogen) atoms. The van der Waals surface area contributed by atoms with Crippen LogP contribution in [0.5, 0.6) is 5.75 Å². The van der Waals surface area contributed by atoms with Crippen LogP contribution >= 0.6 is 0 Å². The number of carbonyl (C=O) groups is 1. The Kier molecular flexibility index (Phi) is 5.39. The second-order valence-electron chi connectivity index (χ2n) is 6.10. The van der Waals surface area contributed by atoms with Crippen LogP contribution in [0.4, 0.5) is 0 Å². The summed E-state index contributed by atoms with van der Waals surface area (Å²) in [5.74, 6) is 0.347. The second-order valence-corrected chi connectivity index (χ2v) is 6.10. The highest BCUT2D eigenvalue weighted by Gasteiger charge is 2.18. The zero-order valence-electron chi connectivity index (χ0n) is 14.7. The van der Waals surface area contributed by atoms with Gasteiger partial charge >= 0.3 is 0 Å². The first kappa shape index (κ1) is 17.7. The molecule has 0 saturated carbocycles. The number of amides is 1. The summed E-state index contributed by atoms with van der Waals surface area (Å²) in [6, 6.07) is 7.56. The van der Waals surface area contributed by atoms with E-state index in [-0.39, 0.29) is 11.8 Å². The highest BCUT2D eigenvalue weighted by Crippen LogP contribution is 2.16. The second kappa shape index (κ2) is 7.29. The number of hydrogen-bond acceptors (Lipinski definition) is 4. The van der Waals surface area contributed by atoms with Gasteiger partial charge in [0.15, 0.2) is 5.69 Å². The van der Waals surface area contributed by atoms with E-state index in [1.165, 1.54) is 4.90 Å². The van der Waals surface area contributed by atoms with Gasteiger partial charge in [-0.15, -0.1) is 0 Å². The van der Waals surface area contributed by atoms with Crippen molar-refractivity contribution in [2.45, 2.75) is 40.3 Å². The van der Waals surface area contributed by atoms with Crippen molar-refractivity contribution >= 4 is 5.91 Å². The summed E-state index contributed by atoms with van der Waals surface area (Å²) in [6.07, 6.45) is 0.0814. The minimum absolute atomic E-state index is 0.0814. The highest BCUT2D eigenvalue weighted by atomic mass is 16.5. The van der Waals surface area contributed by atoms with Gasteiger partial charge in [0.1, 0.15) is 5.75 Å². The van der Waals surface area contributed by atoms with Gasteiger partial charge in [0, 0.05) is 19.3 Å². The number of aromatic amines is 1. The monoisotopic (exact) mass is 329 g/mol. The fraction of sp³-hybridized carbons (Fsp3) is 0.389. The lowest BCUT2D eigenvalue weighted by Gasteiger charge is -2.18. The van der Waals surface area contributed by atoms with Gasteiger partial charge in [0.05, 0.1) is 11.8 Å². The maximum absolute atomic E-state index is 12.5.